The molecule has 2 bridgehead atoms. The number of nitriles is 1. The van der Waals surface area contributed by atoms with E-state index in [2.05, 4.69) is 20.3 Å². The van der Waals surface area contributed by atoms with Crippen LogP contribution in [-0.4, -0.2) is 40.9 Å². The van der Waals surface area contributed by atoms with Gasteiger partial charge in [-0.15, -0.1) is 0 Å². The number of fused-ring (bicyclic) bond motifs is 3. The van der Waals surface area contributed by atoms with Crippen LogP contribution >= 0.6 is 0 Å². The van der Waals surface area contributed by atoms with Crippen molar-refractivity contribution >= 4 is 38.1 Å². The summed E-state index contributed by atoms with van der Waals surface area (Å²) in [4.78, 5) is 13.0. The fourth-order valence-corrected chi connectivity index (χ4v) is 7.65. The van der Waals surface area contributed by atoms with Gasteiger partial charge in [0.1, 0.15) is 35.5 Å². The van der Waals surface area contributed by atoms with E-state index in [9.17, 15) is 12.8 Å². The highest BCUT2D eigenvalue weighted by Gasteiger charge is 2.65. The largest absolute Gasteiger partial charge is 0.386 e. The van der Waals surface area contributed by atoms with Crippen LogP contribution in [0.2, 0.25) is 0 Å². The van der Waals surface area contributed by atoms with Crippen molar-refractivity contribution in [1.82, 2.24) is 9.97 Å². The molecule has 3 aromatic rings. The summed E-state index contributed by atoms with van der Waals surface area (Å²) in [6.45, 7) is 0.355. The molecule has 0 aliphatic carbocycles. The summed E-state index contributed by atoms with van der Waals surface area (Å²) in [7, 11) is -4.04. The van der Waals surface area contributed by atoms with Crippen LogP contribution in [0.1, 0.15) is 30.9 Å². The number of alkyl halides is 1. The Kier molecular flexibility index (Phi) is 4.84. The number of anilines is 2. The molecule has 1 fully saturated rings. The van der Waals surface area contributed by atoms with E-state index in [1.165, 1.54) is 31.3 Å². The number of hydrogen-bond donors (Lipinski definition) is 2. The molecular formula is C23H20F2N6O2S. The van der Waals surface area contributed by atoms with Crippen LogP contribution in [0.15, 0.2) is 47.7 Å². The Morgan fingerprint density at radius 2 is 2.09 bits per heavy atom. The Hall–Kier alpha value is -3.65. The summed E-state index contributed by atoms with van der Waals surface area (Å²) in [5.74, 6) is -0.597. The molecule has 8 nitrogen and oxygen atoms in total. The molecule has 5 rings (SSSR count). The maximum Gasteiger partial charge on any atom is 0.171 e. The fraction of sp³-hybridized carbons (Fsp3) is 0.304. The SMILES string of the molecule is C[C@]1(c2cc(Nc3nccc4cc(C#N)cnc34)ccc2F)N=C(N)[C@@]2(CF)CCC1S2(=O)=O. The van der Waals surface area contributed by atoms with Crippen LogP contribution in [-0.2, 0) is 15.4 Å². The predicted octanol–water partition coefficient (Wildman–Crippen LogP) is 3.26. The van der Waals surface area contributed by atoms with Gasteiger partial charge in [0.2, 0.25) is 0 Å². The molecule has 34 heavy (non-hydrogen) atoms. The smallest absolute Gasteiger partial charge is 0.171 e. The van der Waals surface area contributed by atoms with E-state index >= 15 is 4.39 Å². The molecule has 1 aromatic carbocycles. The third-order valence-electron chi connectivity index (χ3n) is 6.89. The normalized spacial score (nSPS) is 27.2. The topological polar surface area (TPSA) is 134 Å². The summed E-state index contributed by atoms with van der Waals surface area (Å²) in [6.07, 6.45) is 3.11. The van der Waals surface area contributed by atoms with E-state index in [1.807, 2.05) is 6.07 Å². The second-order valence-electron chi connectivity index (χ2n) is 8.73. The van der Waals surface area contributed by atoms with Crippen LogP contribution in [0.3, 0.4) is 0 Å². The van der Waals surface area contributed by atoms with Crippen molar-refractivity contribution in [3.8, 4) is 6.07 Å². The average molecular weight is 483 g/mol. The number of aromatic nitrogens is 2. The number of sulfone groups is 1. The third kappa shape index (κ3) is 2.91. The van der Waals surface area contributed by atoms with Crippen LogP contribution in [0, 0.1) is 17.1 Å². The second-order valence-corrected chi connectivity index (χ2v) is 11.2. The first-order valence-corrected chi connectivity index (χ1v) is 12.1. The van der Waals surface area contributed by atoms with Gasteiger partial charge < -0.3 is 11.1 Å². The zero-order valence-corrected chi connectivity index (χ0v) is 18.9. The Morgan fingerprint density at radius 1 is 1.29 bits per heavy atom. The van der Waals surface area contributed by atoms with E-state index in [-0.39, 0.29) is 24.2 Å². The van der Waals surface area contributed by atoms with Crippen LogP contribution in [0.4, 0.5) is 20.3 Å². The lowest BCUT2D eigenvalue weighted by Gasteiger charge is -2.39. The Balaban J connectivity index is 1.60. The third-order valence-corrected chi connectivity index (χ3v) is 9.95. The predicted molar refractivity (Wildman–Crippen MR) is 124 cm³/mol. The molecule has 3 atom stereocenters. The number of nitrogens with two attached hydrogens (primary N) is 1. The molecule has 0 radical (unpaired) electrons. The van der Waals surface area contributed by atoms with Gasteiger partial charge in [-0.05, 0) is 50.1 Å². The van der Waals surface area contributed by atoms with Gasteiger partial charge in [0, 0.05) is 29.0 Å². The Morgan fingerprint density at radius 3 is 2.82 bits per heavy atom. The number of pyridine rings is 2. The first-order chi connectivity index (χ1) is 16.2. The summed E-state index contributed by atoms with van der Waals surface area (Å²) in [5, 5.41) is 11.8. The highest BCUT2D eigenvalue weighted by Crippen LogP contribution is 2.52. The lowest BCUT2D eigenvalue weighted by atomic mass is 9.86. The second kappa shape index (κ2) is 7.43. The molecule has 4 heterocycles. The van der Waals surface area contributed by atoms with E-state index < -0.39 is 37.9 Å². The molecule has 0 saturated carbocycles. The van der Waals surface area contributed by atoms with E-state index in [0.29, 0.717) is 28.0 Å². The minimum absolute atomic E-state index is 0.0112. The van der Waals surface area contributed by atoms with Gasteiger partial charge in [-0.2, -0.15) is 5.26 Å². The zero-order valence-electron chi connectivity index (χ0n) is 18.1. The van der Waals surface area contributed by atoms with E-state index in [1.54, 1.807) is 18.3 Å². The van der Waals surface area contributed by atoms with Gasteiger partial charge in [-0.1, -0.05) is 0 Å². The van der Waals surface area contributed by atoms with Gasteiger partial charge >= 0.3 is 0 Å². The highest BCUT2D eigenvalue weighted by atomic mass is 32.2. The number of amidine groups is 1. The van der Waals surface area contributed by atoms with E-state index in [0.717, 1.165) is 0 Å². The molecule has 2 aliphatic heterocycles. The molecule has 174 valence electrons. The summed E-state index contributed by atoms with van der Waals surface area (Å²) in [6, 6.07) is 9.58. The van der Waals surface area contributed by atoms with Gasteiger partial charge in [0.05, 0.1) is 10.8 Å². The van der Waals surface area contributed by atoms with Crippen LogP contribution < -0.4 is 11.1 Å². The number of nitrogens with one attached hydrogen (secondary N) is 1. The molecule has 0 amide bonds. The number of aliphatic imine (C=N–C) groups is 1. The summed E-state index contributed by atoms with van der Waals surface area (Å²) >= 11 is 0. The summed E-state index contributed by atoms with van der Waals surface area (Å²) in [5.41, 5.74) is 5.84. The lowest BCUT2D eigenvalue weighted by Crippen LogP contribution is -2.58. The van der Waals surface area contributed by atoms with Crippen molar-refractivity contribution < 1.29 is 17.2 Å². The highest BCUT2D eigenvalue weighted by molar-refractivity contribution is 7.94. The Bertz CT molecular complexity index is 1520. The lowest BCUT2D eigenvalue weighted by molar-refractivity contribution is 0.415. The van der Waals surface area contributed by atoms with Crippen molar-refractivity contribution in [2.45, 2.75) is 35.3 Å². The van der Waals surface area contributed by atoms with Crippen molar-refractivity contribution in [2.75, 3.05) is 12.0 Å². The minimum Gasteiger partial charge on any atom is -0.386 e. The standard InChI is InChI=1S/C23H20F2N6O2S/c1-22(18-4-6-23(12-24,21(27)31-22)34(18,32)33)16-9-15(2-3-17(16)25)30-20-19-14(5-7-28-20)8-13(10-26)11-29-19/h2-3,5,7-9,11,18H,4,6,12H2,1H3,(H2,27,31)(H,28,30)/t18?,22-,23+/m1/s1. The molecule has 2 aromatic heterocycles. The van der Waals surface area contributed by atoms with Gasteiger partial charge in [-0.25, -0.2) is 22.2 Å². The molecule has 2 aliphatic rings. The molecule has 3 N–H and O–H groups in total. The number of hydrogen-bond acceptors (Lipinski definition) is 8. The molecular weight excluding hydrogens is 462 g/mol. The van der Waals surface area contributed by atoms with Gasteiger partial charge in [-0.3, -0.25) is 9.98 Å². The quantitative estimate of drug-likeness (QED) is 0.583. The van der Waals surface area contributed by atoms with E-state index in [4.69, 9.17) is 11.0 Å². The number of benzene rings is 1. The average Bonchev–Trinajstić information content (AvgIpc) is 3.03. The number of rotatable bonds is 4. The Labute approximate surface area is 194 Å². The maximum atomic E-state index is 15.1. The first kappa shape index (κ1) is 22.2. The molecule has 0 spiro atoms. The molecule has 1 saturated heterocycles. The van der Waals surface area contributed by atoms with Crippen LogP contribution in [0.25, 0.3) is 10.9 Å². The maximum absolute atomic E-state index is 15.1. The van der Waals surface area contributed by atoms with Crippen molar-refractivity contribution in [3.05, 3.63) is 59.7 Å². The van der Waals surface area contributed by atoms with Gasteiger partial charge in [0.25, 0.3) is 0 Å². The minimum atomic E-state index is -4.04. The van der Waals surface area contributed by atoms with Crippen LogP contribution in [0.5, 0.6) is 0 Å². The summed E-state index contributed by atoms with van der Waals surface area (Å²) < 4.78 is 53.6. The number of nitrogens with zero attached hydrogens (tertiary/aromatic N) is 4. The van der Waals surface area contributed by atoms with Crippen molar-refractivity contribution in [2.24, 2.45) is 10.7 Å². The van der Waals surface area contributed by atoms with Crippen molar-refractivity contribution in [3.63, 3.8) is 0 Å². The van der Waals surface area contributed by atoms with Gasteiger partial charge in [0.15, 0.2) is 20.4 Å². The zero-order chi connectivity index (χ0) is 24.3. The molecule has 11 heteroatoms. The first-order valence-electron chi connectivity index (χ1n) is 10.5. The number of halogens is 2. The fourth-order valence-electron chi connectivity index (χ4n) is 5.00. The van der Waals surface area contributed by atoms with Crippen molar-refractivity contribution in [1.29, 1.82) is 5.26 Å². The monoisotopic (exact) mass is 482 g/mol. The molecule has 1 unspecified atom stereocenters.